The summed E-state index contributed by atoms with van der Waals surface area (Å²) < 4.78 is 0. The van der Waals surface area contributed by atoms with Gasteiger partial charge in [-0.2, -0.15) is 0 Å². The van der Waals surface area contributed by atoms with Crippen molar-refractivity contribution in [3.63, 3.8) is 0 Å². The molecular formula is C44H31N. The van der Waals surface area contributed by atoms with Crippen LogP contribution in [0.3, 0.4) is 0 Å². The van der Waals surface area contributed by atoms with Crippen molar-refractivity contribution in [2.75, 3.05) is 4.90 Å². The van der Waals surface area contributed by atoms with Crippen molar-refractivity contribution < 1.29 is 0 Å². The molecule has 0 bridgehead atoms. The van der Waals surface area contributed by atoms with Gasteiger partial charge in [0.1, 0.15) is 0 Å². The molecule has 0 N–H and O–H groups in total. The van der Waals surface area contributed by atoms with Crippen LogP contribution in [0.2, 0.25) is 0 Å². The van der Waals surface area contributed by atoms with E-state index in [1.54, 1.807) is 0 Å². The third-order valence-electron chi connectivity index (χ3n) is 8.63. The van der Waals surface area contributed by atoms with E-state index in [-0.39, 0.29) is 0 Å². The lowest BCUT2D eigenvalue weighted by Crippen LogP contribution is -2.11. The third-order valence-corrected chi connectivity index (χ3v) is 8.63. The van der Waals surface area contributed by atoms with Gasteiger partial charge in [0.2, 0.25) is 0 Å². The number of benzene rings is 8. The first kappa shape index (κ1) is 26.7. The monoisotopic (exact) mass is 573 g/mol. The van der Waals surface area contributed by atoms with E-state index < -0.39 is 0 Å². The molecule has 0 saturated carbocycles. The van der Waals surface area contributed by atoms with Crippen molar-refractivity contribution in [3.05, 3.63) is 188 Å². The van der Waals surface area contributed by atoms with Gasteiger partial charge in [0.15, 0.2) is 0 Å². The second kappa shape index (κ2) is 11.6. The quantitative estimate of drug-likeness (QED) is 0.179. The van der Waals surface area contributed by atoms with Gasteiger partial charge in [-0.15, -0.1) is 0 Å². The van der Waals surface area contributed by atoms with Gasteiger partial charge >= 0.3 is 0 Å². The normalized spacial score (nSPS) is 11.1. The van der Waals surface area contributed by atoms with Crippen LogP contribution in [0.5, 0.6) is 0 Å². The molecule has 0 atom stereocenters. The van der Waals surface area contributed by atoms with Crippen molar-refractivity contribution in [1.82, 2.24) is 0 Å². The van der Waals surface area contributed by atoms with Gasteiger partial charge in [-0.1, -0.05) is 146 Å². The van der Waals surface area contributed by atoms with E-state index in [9.17, 15) is 0 Å². The third kappa shape index (κ3) is 5.05. The summed E-state index contributed by atoms with van der Waals surface area (Å²) in [5, 5.41) is 5.07. The van der Waals surface area contributed by atoms with Crippen molar-refractivity contribution in [1.29, 1.82) is 0 Å². The maximum Gasteiger partial charge on any atom is 0.0540 e. The highest BCUT2D eigenvalue weighted by Crippen LogP contribution is 2.44. The maximum atomic E-state index is 2.39. The summed E-state index contributed by atoms with van der Waals surface area (Å²) in [6, 6.07) is 67.6. The summed E-state index contributed by atoms with van der Waals surface area (Å²) in [6.45, 7) is 0. The first-order valence-corrected chi connectivity index (χ1v) is 15.4. The molecule has 0 heterocycles. The lowest BCUT2D eigenvalue weighted by Gasteiger charge is -2.29. The molecule has 0 saturated heterocycles. The fraction of sp³-hybridized carbons (Fsp3) is 0. The molecule has 0 spiro atoms. The van der Waals surface area contributed by atoms with E-state index >= 15 is 0 Å². The van der Waals surface area contributed by atoms with Crippen LogP contribution in [-0.4, -0.2) is 0 Å². The van der Waals surface area contributed by atoms with Gasteiger partial charge in [0, 0.05) is 16.9 Å². The average Bonchev–Trinajstić information content (AvgIpc) is 3.13. The van der Waals surface area contributed by atoms with Crippen LogP contribution < -0.4 is 4.90 Å². The molecule has 0 unspecified atom stereocenters. The number of fused-ring (bicyclic) bond motifs is 3. The van der Waals surface area contributed by atoms with E-state index in [0.717, 1.165) is 17.1 Å². The second-order valence-corrected chi connectivity index (χ2v) is 11.4. The molecule has 0 aliphatic heterocycles. The minimum absolute atomic E-state index is 1.11. The van der Waals surface area contributed by atoms with Crippen LogP contribution in [0.4, 0.5) is 17.1 Å². The van der Waals surface area contributed by atoms with Crippen LogP contribution in [0.25, 0.3) is 54.9 Å². The minimum atomic E-state index is 1.11. The summed E-state index contributed by atoms with van der Waals surface area (Å²) in [6.07, 6.45) is 0. The molecule has 8 aromatic carbocycles. The maximum absolute atomic E-state index is 2.39. The Morgan fingerprint density at radius 3 is 1.62 bits per heavy atom. The molecule has 0 radical (unpaired) electrons. The highest BCUT2D eigenvalue weighted by Gasteiger charge is 2.19. The molecule has 1 heteroatoms. The molecule has 45 heavy (non-hydrogen) atoms. The Kier molecular flexibility index (Phi) is 6.90. The topological polar surface area (TPSA) is 3.24 Å². The molecular weight excluding hydrogens is 542 g/mol. The molecule has 0 fully saturated rings. The number of nitrogens with zero attached hydrogens (tertiary/aromatic N) is 1. The van der Waals surface area contributed by atoms with E-state index in [1.807, 2.05) is 0 Å². The zero-order chi connectivity index (χ0) is 30.0. The van der Waals surface area contributed by atoms with Crippen LogP contribution in [-0.2, 0) is 0 Å². The molecule has 1 nitrogen and oxygen atoms in total. The minimum Gasteiger partial charge on any atom is -0.310 e. The van der Waals surface area contributed by atoms with E-state index in [1.165, 1.54) is 54.9 Å². The van der Waals surface area contributed by atoms with Crippen molar-refractivity contribution >= 4 is 38.6 Å². The van der Waals surface area contributed by atoms with E-state index in [4.69, 9.17) is 0 Å². The smallest absolute Gasteiger partial charge is 0.0540 e. The van der Waals surface area contributed by atoms with Gasteiger partial charge < -0.3 is 4.90 Å². The average molecular weight is 574 g/mol. The van der Waals surface area contributed by atoms with Crippen LogP contribution in [0.15, 0.2) is 188 Å². The lowest BCUT2D eigenvalue weighted by molar-refractivity contribution is 1.28. The van der Waals surface area contributed by atoms with Crippen LogP contribution >= 0.6 is 0 Å². The van der Waals surface area contributed by atoms with Crippen molar-refractivity contribution in [2.24, 2.45) is 0 Å². The van der Waals surface area contributed by atoms with Crippen molar-refractivity contribution in [2.45, 2.75) is 0 Å². The Morgan fingerprint density at radius 1 is 0.289 bits per heavy atom. The summed E-state index contributed by atoms with van der Waals surface area (Å²) in [4.78, 5) is 2.39. The molecule has 0 aliphatic rings. The van der Waals surface area contributed by atoms with Gasteiger partial charge in [-0.3, -0.25) is 0 Å². The highest BCUT2D eigenvalue weighted by molar-refractivity contribution is 6.14. The van der Waals surface area contributed by atoms with E-state index in [2.05, 4.69) is 193 Å². The number of hydrogen-bond acceptors (Lipinski definition) is 1. The van der Waals surface area contributed by atoms with Gasteiger partial charge in [0.25, 0.3) is 0 Å². The Hall–Kier alpha value is -5.92. The highest BCUT2D eigenvalue weighted by atomic mass is 15.1. The lowest BCUT2D eigenvalue weighted by atomic mass is 9.93. The van der Waals surface area contributed by atoms with Gasteiger partial charge in [0.05, 0.1) is 5.69 Å². The largest absolute Gasteiger partial charge is 0.310 e. The van der Waals surface area contributed by atoms with Gasteiger partial charge in [-0.05, 0) is 91.8 Å². The zero-order valence-electron chi connectivity index (χ0n) is 24.8. The van der Waals surface area contributed by atoms with E-state index in [0.29, 0.717) is 0 Å². The summed E-state index contributed by atoms with van der Waals surface area (Å²) in [5.74, 6) is 0. The Labute approximate surface area is 264 Å². The van der Waals surface area contributed by atoms with Crippen molar-refractivity contribution in [3.8, 4) is 33.4 Å². The first-order chi connectivity index (χ1) is 22.3. The fourth-order valence-electron chi connectivity index (χ4n) is 6.50. The van der Waals surface area contributed by atoms with Crippen LogP contribution in [0.1, 0.15) is 0 Å². The summed E-state index contributed by atoms with van der Waals surface area (Å²) in [5.41, 5.74) is 10.6. The SMILES string of the molecule is c1ccc(-c2ccc(N(c3ccccc3)c3cccc(-c4cc5ccccc5c5ccccc45)c3)c(-c3ccccc3)c2)cc1. The standard InChI is InChI=1S/C44H31N/c1-4-15-32(16-5-1)34-27-28-44(43(30-34)33-17-6-2-7-18-33)45(37-21-8-3-9-22-37)38-23-14-20-35(29-38)42-31-36-19-10-11-24-39(36)40-25-12-13-26-41(40)42/h1-31H. The Balaban J connectivity index is 1.35. The Bertz CT molecular complexity index is 2250. The molecule has 0 amide bonds. The number of rotatable bonds is 6. The molecule has 8 aromatic rings. The number of para-hydroxylation sites is 1. The second-order valence-electron chi connectivity index (χ2n) is 11.4. The summed E-state index contributed by atoms with van der Waals surface area (Å²) >= 11 is 0. The van der Waals surface area contributed by atoms with Gasteiger partial charge in [-0.25, -0.2) is 0 Å². The molecule has 0 aromatic heterocycles. The molecule has 0 aliphatic carbocycles. The molecule has 8 rings (SSSR count). The molecule has 212 valence electrons. The van der Waals surface area contributed by atoms with Crippen LogP contribution in [0, 0.1) is 0 Å². The number of anilines is 3. The number of hydrogen-bond donors (Lipinski definition) is 0. The predicted molar refractivity (Wildman–Crippen MR) is 192 cm³/mol. The summed E-state index contributed by atoms with van der Waals surface area (Å²) in [7, 11) is 0. The predicted octanol–water partition coefficient (Wildman–Crippen LogP) is 12.5. The zero-order valence-corrected chi connectivity index (χ0v) is 24.8. The Morgan fingerprint density at radius 2 is 0.867 bits per heavy atom. The first-order valence-electron chi connectivity index (χ1n) is 15.4. The fourth-order valence-corrected chi connectivity index (χ4v) is 6.50.